The lowest BCUT2D eigenvalue weighted by Crippen LogP contribution is -2.29. The Morgan fingerprint density at radius 1 is 1.31 bits per heavy atom. The van der Waals surface area contributed by atoms with Crippen molar-refractivity contribution in [3.8, 4) is 6.01 Å². The molecule has 0 saturated carbocycles. The number of amides is 1. The number of rotatable bonds is 3. The van der Waals surface area contributed by atoms with Crippen LogP contribution in [0.15, 0.2) is 41.6 Å². The molecule has 0 aromatic carbocycles. The van der Waals surface area contributed by atoms with Crippen molar-refractivity contribution in [2.45, 2.75) is 12.3 Å². The number of hydrogen-bond acceptors (Lipinski definition) is 6. The van der Waals surface area contributed by atoms with Crippen molar-refractivity contribution >= 4 is 16.8 Å². The van der Waals surface area contributed by atoms with Gasteiger partial charge in [0.05, 0.1) is 23.6 Å². The second-order valence-corrected chi connectivity index (χ2v) is 6.19. The molecule has 4 rings (SSSR count). The molecule has 1 unspecified atom stereocenters. The first-order chi connectivity index (χ1) is 12.7. The van der Waals surface area contributed by atoms with Crippen molar-refractivity contribution in [3.63, 3.8) is 0 Å². The lowest BCUT2D eigenvalue weighted by molar-refractivity contribution is 0.0789. The molecule has 132 valence electrons. The quantitative estimate of drug-likeness (QED) is 0.764. The molecule has 0 spiro atoms. The molecule has 8 heteroatoms. The molecule has 1 fully saturated rings. The summed E-state index contributed by atoms with van der Waals surface area (Å²) in [5.74, 6) is -0.0614. The Morgan fingerprint density at radius 3 is 2.88 bits per heavy atom. The fourth-order valence-electron chi connectivity index (χ4n) is 3.24. The largest absolute Gasteiger partial charge is 0.467 e. The van der Waals surface area contributed by atoms with Crippen LogP contribution in [-0.2, 0) is 0 Å². The third kappa shape index (κ3) is 2.90. The number of carbonyl (C=O) groups excluding carboxylic acids is 1. The first-order valence-corrected chi connectivity index (χ1v) is 8.29. The first kappa shape index (κ1) is 16.2. The van der Waals surface area contributed by atoms with Crippen molar-refractivity contribution in [2.24, 2.45) is 0 Å². The molecular formula is C18H17N5O3. The Bertz CT molecular complexity index is 1020. The van der Waals surface area contributed by atoms with Crippen LogP contribution in [0.25, 0.3) is 10.9 Å². The van der Waals surface area contributed by atoms with E-state index in [1.54, 1.807) is 23.2 Å². The molecule has 3 aromatic rings. The number of hydrogen-bond donors (Lipinski definition) is 1. The second-order valence-electron chi connectivity index (χ2n) is 6.19. The number of nitrogens with one attached hydrogen (secondary N) is 1. The molecule has 1 aliphatic rings. The predicted molar refractivity (Wildman–Crippen MR) is 94.2 cm³/mol. The minimum atomic E-state index is -0.154. The van der Waals surface area contributed by atoms with Gasteiger partial charge in [-0.05, 0) is 24.6 Å². The fourth-order valence-corrected chi connectivity index (χ4v) is 3.24. The van der Waals surface area contributed by atoms with Gasteiger partial charge in [0.2, 0.25) is 0 Å². The highest BCUT2D eigenvalue weighted by molar-refractivity contribution is 5.93. The van der Waals surface area contributed by atoms with Crippen LogP contribution >= 0.6 is 0 Å². The van der Waals surface area contributed by atoms with Crippen molar-refractivity contribution in [1.29, 1.82) is 0 Å². The maximum absolute atomic E-state index is 12.6. The number of carbonyl (C=O) groups is 1. The van der Waals surface area contributed by atoms with Crippen molar-refractivity contribution in [2.75, 3.05) is 20.2 Å². The Balaban J connectivity index is 1.54. The number of fused-ring (bicyclic) bond motifs is 1. The van der Waals surface area contributed by atoms with Gasteiger partial charge in [0, 0.05) is 43.3 Å². The highest BCUT2D eigenvalue weighted by Gasteiger charge is 2.29. The van der Waals surface area contributed by atoms with E-state index in [2.05, 4.69) is 19.9 Å². The monoisotopic (exact) mass is 351 g/mol. The molecule has 0 aliphatic carbocycles. The minimum Gasteiger partial charge on any atom is -0.467 e. The summed E-state index contributed by atoms with van der Waals surface area (Å²) in [6.45, 7) is 1.14. The number of likely N-dealkylation sites (tertiary alicyclic amines) is 1. The summed E-state index contributed by atoms with van der Waals surface area (Å²) < 4.78 is 4.91. The summed E-state index contributed by atoms with van der Waals surface area (Å²) in [7, 11) is 1.47. The average Bonchev–Trinajstić information content (AvgIpc) is 3.18. The van der Waals surface area contributed by atoms with Crippen molar-refractivity contribution in [1.82, 2.24) is 24.8 Å². The molecule has 1 amide bonds. The van der Waals surface area contributed by atoms with E-state index in [0.29, 0.717) is 29.6 Å². The van der Waals surface area contributed by atoms with E-state index >= 15 is 0 Å². The molecule has 1 atom stereocenters. The van der Waals surface area contributed by atoms with Crippen LogP contribution in [0, 0.1) is 0 Å². The zero-order valence-corrected chi connectivity index (χ0v) is 14.2. The highest BCUT2D eigenvalue weighted by Crippen LogP contribution is 2.27. The Morgan fingerprint density at radius 2 is 2.12 bits per heavy atom. The normalized spacial score (nSPS) is 16.8. The summed E-state index contributed by atoms with van der Waals surface area (Å²) in [5.41, 5.74) is 1.74. The van der Waals surface area contributed by atoms with E-state index in [1.807, 2.05) is 6.07 Å². The molecule has 0 radical (unpaired) electrons. The molecule has 3 aromatic heterocycles. The van der Waals surface area contributed by atoms with E-state index < -0.39 is 0 Å². The van der Waals surface area contributed by atoms with Crippen LogP contribution in [0.5, 0.6) is 6.01 Å². The van der Waals surface area contributed by atoms with E-state index in [-0.39, 0.29) is 23.4 Å². The van der Waals surface area contributed by atoms with Gasteiger partial charge in [-0.1, -0.05) is 0 Å². The maximum Gasteiger partial charge on any atom is 0.316 e. The van der Waals surface area contributed by atoms with Gasteiger partial charge < -0.3 is 14.6 Å². The van der Waals surface area contributed by atoms with Gasteiger partial charge in [0.15, 0.2) is 0 Å². The van der Waals surface area contributed by atoms with E-state index in [1.165, 1.54) is 19.5 Å². The Kier molecular flexibility index (Phi) is 4.08. The van der Waals surface area contributed by atoms with E-state index in [4.69, 9.17) is 4.74 Å². The molecule has 4 heterocycles. The summed E-state index contributed by atoms with van der Waals surface area (Å²) in [4.78, 5) is 41.8. The summed E-state index contributed by atoms with van der Waals surface area (Å²) in [5, 5.41) is 0.567. The standard InChI is InChI=1S/C18H17N5O3/c1-26-18-20-8-12(9-21-18)17(25)23-6-4-11(10-23)14-7-15-13(16(24)22-14)3-2-5-19-15/h2-3,5,7-9,11H,4,6,10H2,1H3,(H,22,24). The number of nitrogens with zero attached hydrogens (tertiary/aromatic N) is 4. The SMILES string of the molecule is COc1ncc(C(=O)N2CCC(c3cc4ncccc4c(=O)[nH]3)C2)cn1. The smallest absolute Gasteiger partial charge is 0.316 e. The van der Waals surface area contributed by atoms with Gasteiger partial charge in [-0.15, -0.1) is 0 Å². The molecular weight excluding hydrogens is 334 g/mol. The van der Waals surface area contributed by atoms with Crippen LogP contribution in [-0.4, -0.2) is 50.9 Å². The number of methoxy groups -OCH3 is 1. The van der Waals surface area contributed by atoms with Crippen LogP contribution in [0.3, 0.4) is 0 Å². The van der Waals surface area contributed by atoms with Gasteiger partial charge >= 0.3 is 6.01 Å². The van der Waals surface area contributed by atoms with E-state index in [0.717, 1.165) is 12.1 Å². The fraction of sp³-hybridized carbons (Fsp3) is 0.278. The second kappa shape index (κ2) is 6.55. The van der Waals surface area contributed by atoms with Crippen LogP contribution in [0.1, 0.15) is 28.4 Å². The van der Waals surface area contributed by atoms with Gasteiger partial charge in [-0.3, -0.25) is 14.6 Å². The summed E-state index contributed by atoms with van der Waals surface area (Å²) in [6, 6.07) is 5.61. The first-order valence-electron chi connectivity index (χ1n) is 8.29. The minimum absolute atomic E-state index is 0.0669. The third-order valence-electron chi connectivity index (χ3n) is 4.61. The molecule has 1 saturated heterocycles. The number of H-pyrrole nitrogens is 1. The predicted octanol–water partition coefficient (Wildman–Crippen LogP) is 1.35. The topological polar surface area (TPSA) is 101 Å². The maximum atomic E-state index is 12.6. The highest BCUT2D eigenvalue weighted by atomic mass is 16.5. The summed E-state index contributed by atoms with van der Waals surface area (Å²) >= 11 is 0. The molecule has 26 heavy (non-hydrogen) atoms. The number of pyridine rings is 2. The average molecular weight is 351 g/mol. The number of aromatic amines is 1. The van der Waals surface area contributed by atoms with Crippen molar-refractivity contribution < 1.29 is 9.53 Å². The number of aromatic nitrogens is 4. The number of ether oxygens (including phenoxy) is 1. The third-order valence-corrected chi connectivity index (χ3v) is 4.61. The Labute approximate surface area is 148 Å². The van der Waals surface area contributed by atoms with Gasteiger partial charge in [0.25, 0.3) is 11.5 Å². The molecule has 0 bridgehead atoms. The molecule has 1 aliphatic heterocycles. The zero-order chi connectivity index (χ0) is 18.1. The molecule has 8 nitrogen and oxygen atoms in total. The van der Waals surface area contributed by atoms with Crippen molar-refractivity contribution in [3.05, 3.63) is 58.4 Å². The Hall–Kier alpha value is -3.29. The van der Waals surface area contributed by atoms with Crippen LogP contribution in [0.2, 0.25) is 0 Å². The molecule has 1 N–H and O–H groups in total. The van der Waals surface area contributed by atoms with Crippen LogP contribution in [0.4, 0.5) is 0 Å². The summed E-state index contributed by atoms with van der Waals surface area (Å²) in [6.07, 6.45) is 5.36. The lowest BCUT2D eigenvalue weighted by atomic mass is 10.0. The van der Waals surface area contributed by atoms with Gasteiger partial charge in [-0.25, -0.2) is 9.97 Å². The van der Waals surface area contributed by atoms with Gasteiger partial charge in [0.1, 0.15) is 0 Å². The lowest BCUT2D eigenvalue weighted by Gasteiger charge is -2.16. The zero-order valence-electron chi connectivity index (χ0n) is 14.2. The van der Waals surface area contributed by atoms with Crippen LogP contribution < -0.4 is 10.3 Å². The van der Waals surface area contributed by atoms with E-state index in [9.17, 15) is 9.59 Å². The van der Waals surface area contributed by atoms with Gasteiger partial charge in [-0.2, -0.15) is 0 Å².